The number of hydrogen-bond acceptors (Lipinski definition) is 5. The molecule has 0 amide bonds. The fourth-order valence-corrected chi connectivity index (χ4v) is 3.69. The normalized spacial score (nSPS) is 11.4. The topological polar surface area (TPSA) is 102 Å². The van der Waals surface area contributed by atoms with E-state index in [0.29, 0.717) is 10.9 Å². The zero-order valence-corrected chi connectivity index (χ0v) is 13.4. The minimum absolute atomic E-state index is 0.0635. The summed E-state index contributed by atoms with van der Waals surface area (Å²) in [5, 5.41) is 12.1. The van der Waals surface area contributed by atoms with Gasteiger partial charge in [0, 0.05) is 11.5 Å². The van der Waals surface area contributed by atoms with Crippen molar-refractivity contribution in [3.05, 3.63) is 70.4 Å². The molecule has 122 valence electrons. The Morgan fingerprint density at radius 1 is 1.12 bits per heavy atom. The molecule has 0 saturated carbocycles. The average Bonchev–Trinajstić information content (AvgIpc) is 2.56. The Hall–Kier alpha value is -3.00. The number of pyridine rings is 1. The van der Waals surface area contributed by atoms with Crippen molar-refractivity contribution in [1.29, 1.82) is 0 Å². The van der Waals surface area contributed by atoms with Gasteiger partial charge in [0.2, 0.25) is 0 Å². The van der Waals surface area contributed by atoms with E-state index >= 15 is 0 Å². The van der Waals surface area contributed by atoms with Crippen LogP contribution in [0.4, 0.5) is 11.5 Å². The molecule has 1 heterocycles. The zero-order valence-electron chi connectivity index (χ0n) is 12.6. The van der Waals surface area contributed by atoms with Crippen molar-refractivity contribution in [2.24, 2.45) is 0 Å². The molecule has 0 spiro atoms. The van der Waals surface area contributed by atoms with Crippen LogP contribution < -0.4 is 4.72 Å². The molecular formula is C16H13N3O4S. The van der Waals surface area contributed by atoms with Crippen LogP contribution in [-0.2, 0) is 10.0 Å². The lowest BCUT2D eigenvalue weighted by molar-refractivity contribution is -0.385. The van der Waals surface area contributed by atoms with Crippen molar-refractivity contribution < 1.29 is 13.3 Å². The number of rotatable bonds is 4. The standard InChI is InChI=1S/C16H13N3O4S/c1-11-9-13(19(20)21)10-17-16(11)18-24(22,23)15-8-4-6-12-5-2-3-7-14(12)15/h2-10H,1H3,(H,17,18). The quantitative estimate of drug-likeness (QED) is 0.578. The number of benzene rings is 2. The lowest BCUT2D eigenvalue weighted by Crippen LogP contribution is -2.15. The molecule has 0 aliphatic heterocycles. The maximum atomic E-state index is 12.7. The highest BCUT2D eigenvalue weighted by Gasteiger charge is 2.20. The van der Waals surface area contributed by atoms with Crippen LogP contribution in [0.3, 0.4) is 0 Å². The predicted molar refractivity (Wildman–Crippen MR) is 90.4 cm³/mol. The Bertz CT molecular complexity index is 1040. The Balaban J connectivity index is 2.04. The van der Waals surface area contributed by atoms with Gasteiger partial charge in [0.15, 0.2) is 0 Å². The highest BCUT2D eigenvalue weighted by molar-refractivity contribution is 7.93. The van der Waals surface area contributed by atoms with Gasteiger partial charge in [-0.3, -0.25) is 14.8 Å². The SMILES string of the molecule is Cc1cc([N+](=O)[O-])cnc1NS(=O)(=O)c1cccc2ccccc12. The third-order valence-corrected chi connectivity index (χ3v) is 4.94. The molecule has 0 fully saturated rings. The van der Waals surface area contributed by atoms with E-state index in [1.807, 2.05) is 18.2 Å². The molecule has 0 unspecified atom stereocenters. The van der Waals surface area contributed by atoms with E-state index in [2.05, 4.69) is 9.71 Å². The van der Waals surface area contributed by atoms with E-state index < -0.39 is 14.9 Å². The molecule has 0 radical (unpaired) electrons. The molecule has 0 aliphatic carbocycles. The monoisotopic (exact) mass is 343 g/mol. The second-order valence-corrected chi connectivity index (χ2v) is 6.85. The summed E-state index contributed by atoms with van der Waals surface area (Å²) >= 11 is 0. The number of hydrogen-bond donors (Lipinski definition) is 1. The van der Waals surface area contributed by atoms with E-state index in [9.17, 15) is 18.5 Å². The van der Waals surface area contributed by atoms with Crippen molar-refractivity contribution in [2.45, 2.75) is 11.8 Å². The molecule has 3 rings (SSSR count). The molecular weight excluding hydrogens is 330 g/mol. The molecule has 3 aromatic rings. The van der Waals surface area contributed by atoms with Crippen LogP contribution in [0.15, 0.2) is 59.6 Å². The second-order valence-electron chi connectivity index (χ2n) is 5.20. The summed E-state index contributed by atoms with van der Waals surface area (Å²) in [5.74, 6) is 0.0635. The lowest BCUT2D eigenvalue weighted by atomic mass is 10.1. The van der Waals surface area contributed by atoms with E-state index in [1.54, 1.807) is 25.1 Å². The number of nitrogens with one attached hydrogen (secondary N) is 1. The summed E-state index contributed by atoms with van der Waals surface area (Å²) in [6.45, 7) is 1.56. The summed E-state index contributed by atoms with van der Waals surface area (Å²) < 4.78 is 27.8. The first-order valence-electron chi connectivity index (χ1n) is 7.00. The van der Waals surface area contributed by atoms with Crippen molar-refractivity contribution in [1.82, 2.24) is 4.98 Å². The highest BCUT2D eigenvalue weighted by atomic mass is 32.2. The van der Waals surface area contributed by atoms with Crippen molar-refractivity contribution in [3.8, 4) is 0 Å². The summed E-state index contributed by atoms with van der Waals surface area (Å²) in [6, 6.07) is 13.4. The van der Waals surface area contributed by atoms with Crippen LogP contribution in [0.2, 0.25) is 0 Å². The smallest absolute Gasteiger partial charge is 0.263 e. The molecule has 8 heteroatoms. The molecule has 0 saturated heterocycles. The zero-order chi connectivity index (χ0) is 17.3. The average molecular weight is 343 g/mol. The number of aromatic nitrogens is 1. The van der Waals surface area contributed by atoms with Gasteiger partial charge in [-0.1, -0.05) is 36.4 Å². The molecule has 0 atom stereocenters. The molecule has 1 aromatic heterocycles. The van der Waals surface area contributed by atoms with Gasteiger partial charge >= 0.3 is 0 Å². The van der Waals surface area contributed by atoms with Crippen LogP contribution in [0.1, 0.15) is 5.56 Å². The first-order chi connectivity index (χ1) is 11.4. The fraction of sp³-hybridized carbons (Fsp3) is 0.0625. The van der Waals surface area contributed by atoms with Crippen molar-refractivity contribution in [3.63, 3.8) is 0 Å². The Labute approximate surface area is 138 Å². The van der Waals surface area contributed by atoms with Gasteiger partial charge in [0.25, 0.3) is 15.7 Å². The Morgan fingerprint density at radius 2 is 1.83 bits per heavy atom. The molecule has 7 nitrogen and oxygen atoms in total. The maximum Gasteiger partial charge on any atom is 0.287 e. The molecule has 0 aliphatic rings. The lowest BCUT2D eigenvalue weighted by Gasteiger charge is -2.11. The third-order valence-electron chi connectivity index (χ3n) is 3.54. The largest absolute Gasteiger partial charge is 0.287 e. The van der Waals surface area contributed by atoms with Crippen molar-refractivity contribution >= 4 is 32.3 Å². The third kappa shape index (κ3) is 2.91. The minimum Gasteiger partial charge on any atom is -0.263 e. The molecule has 0 bridgehead atoms. The van der Waals surface area contributed by atoms with Crippen LogP contribution in [0.25, 0.3) is 10.8 Å². The Morgan fingerprint density at radius 3 is 2.54 bits per heavy atom. The van der Waals surface area contributed by atoms with Gasteiger partial charge in [-0.15, -0.1) is 0 Å². The second kappa shape index (κ2) is 5.89. The molecule has 2 aromatic carbocycles. The van der Waals surface area contributed by atoms with Crippen LogP contribution in [0.5, 0.6) is 0 Å². The van der Waals surface area contributed by atoms with Crippen molar-refractivity contribution in [2.75, 3.05) is 4.72 Å². The van der Waals surface area contributed by atoms with E-state index in [-0.39, 0.29) is 16.4 Å². The number of sulfonamides is 1. The number of nitrogens with zero attached hydrogens (tertiary/aromatic N) is 2. The van der Waals surface area contributed by atoms with Gasteiger partial charge in [-0.05, 0) is 23.9 Å². The first kappa shape index (κ1) is 15.9. The number of fused-ring (bicyclic) bond motifs is 1. The van der Waals surface area contributed by atoms with Gasteiger partial charge in [0.1, 0.15) is 12.0 Å². The van der Waals surface area contributed by atoms with Gasteiger partial charge in [-0.2, -0.15) is 0 Å². The maximum absolute atomic E-state index is 12.7. The Kier molecular flexibility index (Phi) is 3.90. The van der Waals surface area contributed by atoms with Crippen LogP contribution >= 0.6 is 0 Å². The minimum atomic E-state index is -3.88. The number of aryl methyl sites for hydroxylation is 1. The van der Waals surface area contributed by atoms with Crippen LogP contribution in [0, 0.1) is 17.0 Å². The first-order valence-corrected chi connectivity index (χ1v) is 8.48. The van der Waals surface area contributed by atoms with E-state index in [1.165, 1.54) is 12.1 Å². The van der Waals surface area contributed by atoms with Crippen LogP contribution in [-0.4, -0.2) is 18.3 Å². The summed E-state index contributed by atoms with van der Waals surface area (Å²) in [6.07, 6.45) is 1.02. The van der Waals surface area contributed by atoms with E-state index in [4.69, 9.17) is 0 Å². The predicted octanol–water partition coefficient (Wildman–Crippen LogP) is 3.25. The summed E-state index contributed by atoms with van der Waals surface area (Å²) in [4.78, 5) is 14.1. The summed E-state index contributed by atoms with van der Waals surface area (Å²) in [7, 11) is -3.88. The molecule has 1 N–H and O–H groups in total. The number of nitro groups is 1. The van der Waals surface area contributed by atoms with Gasteiger partial charge in [-0.25, -0.2) is 13.4 Å². The van der Waals surface area contributed by atoms with Gasteiger partial charge in [0.05, 0.1) is 9.82 Å². The molecule has 24 heavy (non-hydrogen) atoms. The highest BCUT2D eigenvalue weighted by Crippen LogP contribution is 2.26. The summed E-state index contributed by atoms with van der Waals surface area (Å²) in [5.41, 5.74) is 0.175. The number of anilines is 1. The fourth-order valence-electron chi connectivity index (χ4n) is 2.38. The van der Waals surface area contributed by atoms with Gasteiger partial charge < -0.3 is 0 Å². The van der Waals surface area contributed by atoms with E-state index in [0.717, 1.165) is 11.6 Å².